The lowest BCUT2D eigenvalue weighted by molar-refractivity contribution is 0.527. The average Bonchev–Trinajstić information content (AvgIpc) is 3.03. The molecule has 0 saturated heterocycles. The van der Waals surface area contributed by atoms with Gasteiger partial charge in [-0.15, -0.1) is 0 Å². The molecule has 4 rings (SSSR count). The van der Waals surface area contributed by atoms with Gasteiger partial charge in [0.2, 0.25) is 0 Å². The van der Waals surface area contributed by atoms with Crippen LogP contribution in [0.5, 0.6) is 0 Å². The van der Waals surface area contributed by atoms with E-state index in [4.69, 9.17) is 0 Å². The summed E-state index contributed by atoms with van der Waals surface area (Å²) in [5.74, 6) is 0.908. The van der Waals surface area contributed by atoms with Gasteiger partial charge in [-0.2, -0.15) is 10.2 Å². The van der Waals surface area contributed by atoms with E-state index in [1.807, 2.05) is 31.0 Å². The van der Waals surface area contributed by atoms with E-state index in [0.29, 0.717) is 0 Å². The Morgan fingerprint density at radius 1 is 0.250 bits per heavy atom. The topological polar surface area (TPSA) is 90.2 Å². The Hall–Kier alpha value is -3.61. The maximum absolute atomic E-state index is 4.52. The molecule has 7 nitrogen and oxygen atoms in total. The normalized spacial score (nSPS) is 13.0. The summed E-state index contributed by atoms with van der Waals surface area (Å²) in [6.07, 6.45) is 9.66. The SMILES string of the molecule is CC(C)(C)c1ccc(C(C)(C)C)nc1.CC(C)(C)c1ccc(C(C)(C)C)nn1.CC(C)(C)c1cnc(C(C)(C)C)cn1.CC(C)(C)c1cnc(C(C)(C)C)nc1. The van der Waals surface area contributed by atoms with E-state index in [0.717, 1.165) is 34.3 Å². The van der Waals surface area contributed by atoms with Crippen LogP contribution < -0.4 is 0 Å². The van der Waals surface area contributed by atoms with E-state index in [9.17, 15) is 0 Å². The second-order valence-electron chi connectivity index (χ2n) is 23.3. The number of aromatic nitrogens is 7. The van der Waals surface area contributed by atoms with Crippen molar-refractivity contribution in [3.63, 3.8) is 0 Å². The summed E-state index contributed by atoms with van der Waals surface area (Å²) in [6.45, 7) is 51.8. The Kier molecular flexibility index (Phi) is 16.5. The Morgan fingerprint density at radius 3 is 0.750 bits per heavy atom. The molecule has 7 heteroatoms. The first-order chi connectivity index (χ1) is 24.8. The maximum atomic E-state index is 4.52. The first kappa shape index (κ1) is 50.4. The quantitative estimate of drug-likeness (QED) is 0.176. The number of pyridine rings is 1. The molecule has 0 fully saturated rings. The molecule has 0 aliphatic rings. The molecular weight excluding hydrogens is 687 g/mol. The Balaban J connectivity index is 0.000000373. The third kappa shape index (κ3) is 17.3. The minimum absolute atomic E-state index is 0.0381. The minimum atomic E-state index is 0.0381. The lowest BCUT2D eigenvalue weighted by Gasteiger charge is -2.22. The molecule has 4 aromatic rings. The van der Waals surface area contributed by atoms with E-state index < -0.39 is 0 Å². The molecule has 4 aromatic heterocycles. The molecule has 0 N–H and O–H groups in total. The van der Waals surface area contributed by atoms with Gasteiger partial charge in [-0.3, -0.25) is 15.0 Å². The molecule has 0 aliphatic heterocycles. The molecule has 0 bridgehead atoms. The number of hydrogen-bond acceptors (Lipinski definition) is 7. The first-order valence-corrected chi connectivity index (χ1v) is 20.3. The van der Waals surface area contributed by atoms with Crippen molar-refractivity contribution in [2.45, 2.75) is 209 Å². The number of rotatable bonds is 0. The van der Waals surface area contributed by atoms with Crippen LogP contribution in [0.25, 0.3) is 0 Å². The summed E-state index contributed by atoms with van der Waals surface area (Å²) >= 11 is 0. The smallest absolute Gasteiger partial charge is 0.133 e. The molecule has 0 radical (unpaired) electrons. The van der Waals surface area contributed by atoms with Crippen LogP contribution in [0.3, 0.4) is 0 Å². The van der Waals surface area contributed by atoms with Gasteiger partial charge in [-0.1, -0.05) is 172 Å². The van der Waals surface area contributed by atoms with Crippen LogP contribution in [-0.4, -0.2) is 35.1 Å². The van der Waals surface area contributed by atoms with Gasteiger partial charge in [0.05, 0.1) is 22.8 Å². The zero-order valence-corrected chi connectivity index (χ0v) is 40.3. The second kappa shape index (κ2) is 18.3. The van der Waals surface area contributed by atoms with Gasteiger partial charge in [0.25, 0.3) is 0 Å². The highest BCUT2D eigenvalue weighted by Gasteiger charge is 2.22. The third-order valence-electron chi connectivity index (χ3n) is 8.98. The van der Waals surface area contributed by atoms with Crippen LogP contribution in [-0.2, 0) is 43.3 Å². The van der Waals surface area contributed by atoms with Crippen molar-refractivity contribution in [3.05, 3.63) is 101 Å². The van der Waals surface area contributed by atoms with Gasteiger partial charge in [0, 0.05) is 69.2 Å². The maximum Gasteiger partial charge on any atom is 0.133 e. The summed E-state index contributed by atoms with van der Waals surface area (Å²) in [7, 11) is 0. The van der Waals surface area contributed by atoms with Crippen LogP contribution in [0.4, 0.5) is 0 Å². The van der Waals surface area contributed by atoms with Crippen molar-refractivity contribution < 1.29 is 0 Å². The van der Waals surface area contributed by atoms with Crippen LogP contribution >= 0.6 is 0 Å². The van der Waals surface area contributed by atoms with E-state index in [1.54, 1.807) is 0 Å². The summed E-state index contributed by atoms with van der Waals surface area (Å²) in [5, 5.41) is 8.53. The molecular formula is C49H81N7. The van der Waals surface area contributed by atoms with Crippen LogP contribution in [0.1, 0.15) is 212 Å². The van der Waals surface area contributed by atoms with Gasteiger partial charge < -0.3 is 0 Å². The van der Waals surface area contributed by atoms with Crippen molar-refractivity contribution in [1.29, 1.82) is 0 Å². The molecule has 0 atom stereocenters. The number of nitrogens with zero attached hydrogens (tertiary/aromatic N) is 7. The molecule has 0 saturated carbocycles. The lowest BCUT2D eigenvalue weighted by atomic mass is 9.86. The largest absolute Gasteiger partial charge is 0.260 e. The van der Waals surface area contributed by atoms with Gasteiger partial charge in [0.15, 0.2) is 0 Å². The first-order valence-electron chi connectivity index (χ1n) is 20.3. The molecule has 0 aliphatic carbocycles. The van der Waals surface area contributed by atoms with Crippen molar-refractivity contribution >= 4 is 0 Å². The highest BCUT2D eigenvalue weighted by molar-refractivity contribution is 5.24. The zero-order chi connectivity index (χ0) is 43.9. The summed E-state index contributed by atoms with van der Waals surface area (Å²) < 4.78 is 0. The minimum Gasteiger partial charge on any atom is -0.260 e. The Bertz CT molecular complexity index is 1330. The predicted molar refractivity (Wildman–Crippen MR) is 240 cm³/mol. The monoisotopic (exact) mass is 768 g/mol. The molecule has 0 unspecified atom stereocenters. The highest BCUT2D eigenvalue weighted by atomic mass is 15.1. The fourth-order valence-electron chi connectivity index (χ4n) is 4.62. The highest BCUT2D eigenvalue weighted by Crippen LogP contribution is 2.27. The van der Waals surface area contributed by atoms with Gasteiger partial charge >= 0.3 is 0 Å². The van der Waals surface area contributed by atoms with Crippen LogP contribution in [0.2, 0.25) is 0 Å². The fourth-order valence-corrected chi connectivity index (χ4v) is 4.62. The molecule has 0 aromatic carbocycles. The lowest BCUT2D eigenvalue weighted by Crippen LogP contribution is -2.18. The number of hydrogen-bond donors (Lipinski definition) is 0. The summed E-state index contributed by atoms with van der Waals surface area (Å²) in [4.78, 5) is 22.2. The predicted octanol–water partition coefficient (Wildman–Crippen LogP) is 12.9. The van der Waals surface area contributed by atoms with Crippen LogP contribution in [0, 0.1) is 0 Å². The molecule has 312 valence electrons. The summed E-state index contributed by atoms with van der Waals surface area (Å²) in [5.41, 5.74) is 8.69. The zero-order valence-electron chi connectivity index (χ0n) is 40.3. The van der Waals surface area contributed by atoms with E-state index in [1.165, 1.54) is 11.1 Å². The average molecular weight is 768 g/mol. The Labute approximate surface area is 344 Å². The van der Waals surface area contributed by atoms with Crippen molar-refractivity contribution in [3.8, 4) is 0 Å². The van der Waals surface area contributed by atoms with Gasteiger partial charge in [-0.05, 0) is 40.2 Å². The van der Waals surface area contributed by atoms with Crippen LogP contribution in [0.15, 0.2) is 55.2 Å². The van der Waals surface area contributed by atoms with Gasteiger partial charge in [0.1, 0.15) is 5.82 Å². The van der Waals surface area contributed by atoms with Crippen molar-refractivity contribution in [2.75, 3.05) is 0 Å². The summed E-state index contributed by atoms with van der Waals surface area (Å²) in [6, 6.07) is 8.48. The molecule has 56 heavy (non-hydrogen) atoms. The molecule has 0 spiro atoms. The molecule has 4 heterocycles. The van der Waals surface area contributed by atoms with E-state index in [2.05, 4.69) is 226 Å². The third-order valence-corrected chi connectivity index (χ3v) is 8.98. The fraction of sp³-hybridized carbons (Fsp3) is 0.653. The Morgan fingerprint density at radius 2 is 0.536 bits per heavy atom. The standard InChI is InChI=1S/C13H21N.3C12H20N2/c1-12(2,3)10-7-8-11(14-9-10)13(4,5)6;1-11(2,3)9-7-14-10(8-13-9)12(4,5)6;1-11(2,3)9-7-13-10(14-8-9)12(4,5)6;1-11(2,3)9-7-8-10(14-13-9)12(4,5)6/h7-9H,1-6H3;3*7-8H,1-6H3. The van der Waals surface area contributed by atoms with Crippen molar-refractivity contribution in [1.82, 2.24) is 35.1 Å². The molecule has 0 amide bonds. The van der Waals surface area contributed by atoms with E-state index in [-0.39, 0.29) is 43.3 Å². The van der Waals surface area contributed by atoms with Gasteiger partial charge in [-0.25, -0.2) is 9.97 Å². The van der Waals surface area contributed by atoms with E-state index >= 15 is 0 Å². The second-order valence-corrected chi connectivity index (χ2v) is 23.3. The van der Waals surface area contributed by atoms with Crippen molar-refractivity contribution in [2.24, 2.45) is 0 Å².